The summed E-state index contributed by atoms with van der Waals surface area (Å²) in [5.74, 6) is 1.49. The Hall–Kier alpha value is -0.690. The maximum Gasteiger partial charge on any atom is 0.197 e. The Morgan fingerprint density at radius 2 is 2.12 bits per heavy atom. The van der Waals surface area contributed by atoms with Crippen molar-refractivity contribution in [2.24, 2.45) is 0 Å². The van der Waals surface area contributed by atoms with Gasteiger partial charge in [0.25, 0.3) is 0 Å². The molecule has 1 N–H and O–H groups in total. The van der Waals surface area contributed by atoms with Gasteiger partial charge in [0, 0.05) is 12.4 Å². The van der Waals surface area contributed by atoms with Gasteiger partial charge in [-0.2, -0.15) is 0 Å². The van der Waals surface area contributed by atoms with Crippen molar-refractivity contribution in [1.29, 1.82) is 0 Å². The van der Waals surface area contributed by atoms with Gasteiger partial charge in [-0.1, -0.05) is 25.4 Å². The molecule has 2 aromatic rings. The number of imidazole rings is 1. The fourth-order valence-corrected chi connectivity index (χ4v) is 2.35. The molecule has 16 heavy (non-hydrogen) atoms. The third-order valence-corrected chi connectivity index (χ3v) is 3.75. The van der Waals surface area contributed by atoms with Gasteiger partial charge in [-0.15, -0.1) is 0 Å². The summed E-state index contributed by atoms with van der Waals surface area (Å²) < 4.78 is 0.907. The van der Waals surface area contributed by atoms with Gasteiger partial charge in [-0.3, -0.25) is 0 Å². The van der Waals surface area contributed by atoms with Crippen LogP contribution in [0.3, 0.4) is 0 Å². The highest BCUT2D eigenvalue weighted by Gasteiger charge is 2.15. The Morgan fingerprint density at radius 3 is 2.69 bits per heavy atom. The molecule has 0 bridgehead atoms. The molecule has 2 rings (SSSR count). The molecule has 0 radical (unpaired) electrons. The number of aromatic amines is 1. The smallest absolute Gasteiger partial charge is 0.197 e. The molecule has 0 aromatic carbocycles. The van der Waals surface area contributed by atoms with Crippen LogP contribution >= 0.6 is 34.2 Å². The predicted octanol–water partition coefficient (Wildman–Crippen LogP) is 3.25. The summed E-state index contributed by atoms with van der Waals surface area (Å²) in [6.45, 7) is 4.15. The molecule has 0 atom stereocenters. The zero-order valence-electron chi connectivity index (χ0n) is 8.83. The van der Waals surface area contributed by atoms with E-state index in [1.807, 2.05) is 0 Å². The summed E-state index contributed by atoms with van der Waals surface area (Å²) in [6, 6.07) is 0. The van der Waals surface area contributed by atoms with Crippen molar-refractivity contribution in [2.45, 2.75) is 19.8 Å². The zero-order chi connectivity index (χ0) is 11.7. The monoisotopic (exact) mass is 348 g/mol. The molecule has 0 saturated heterocycles. The Bertz CT molecular complexity index is 496. The predicted molar refractivity (Wildman–Crippen MR) is 71.4 cm³/mol. The standard InChI is InChI=1S/C10H10ClIN4/c1-5(2)7-6(12)8(11)16-10(15-7)9-13-3-4-14-9/h3-5H,1-2H3,(H,13,14). The molecule has 2 heterocycles. The summed E-state index contributed by atoms with van der Waals surface area (Å²) in [6.07, 6.45) is 3.40. The van der Waals surface area contributed by atoms with E-state index in [0.717, 1.165) is 9.26 Å². The highest BCUT2D eigenvalue weighted by molar-refractivity contribution is 14.1. The van der Waals surface area contributed by atoms with E-state index in [-0.39, 0.29) is 0 Å². The number of hydrogen-bond acceptors (Lipinski definition) is 3. The van der Waals surface area contributed by atoms with E-state index in [9.17, 15) is 0 Å². The second-order valence-electron chi connectivity index (χ2n) is 3.63. The van der Waals surface area contributed by atoms with Crippen molar-refractivity contribution in [2.75, 3.05) is 0 Å². The van der Waals surface area contributed by atoms with Crippen molar-refractivity contribution in [3.8, 4) is 11.6 Å². The number of H-pyrrole nitrogens is 1. The first-order valence-corrected chi connectivity index (χ1v) is 6.28. The zero-order valence-corrected chi connectivity index (χ0v) is 11.7. The average molecular weight is 349 g/mol. The average Bonchev–Trinajstić information content (AvgIpc) is 2.74. The van der Waals surface area contributed by atoms with Crippen molar-refractivity contribution in [1.82, 2.24) is 19.9 Å². The van der Waals surface area contributed by atoms with Crippen LogP contribution in [0.15, 0.2) is 12.4 Å². The molecule has 0 spiro atoms. The van der Waals surface area contributed by atoms with Gasteiger partial charge in [-0.25, -0.2) is 15.0 Å². The van der Waals surface area contributed by atoms with Crippen molar-refractivity contribution in [3.05, 3.63) is 26.8 Å². The molecule has 6 heteroatoms. The minimum absolute atomic E-state index is 0.307. The van der Waals surface area contributed by atoms with E-state index in [4.69, 9.17) is 11.6 Å². The highest BCUT2D eigenvalue weighted by atomic mass is 127. The molecule has 0 saturated carbocycles. The third-order valence-electron chi connectivity index (χ3n) is 2.09. The molecule has 0 unspecified atom stereocenters. The van der Waals surface area contributed by atoms with Gasteiger partial charge in [0.05, 0.1) is 9.26 Å². The van der Waals surface area contributed by atoms with Crippen molar-refractivity contribution in [3.63, 3.8) is 0 Å². The molecular weight excluding hydrogens is 338 g/mol. The summed E-state index contributed by atoms with van der Waals surface area (Å²) >= 11 is 8.25. The van der Waals surface area contributed by atoms with Gasteiger partial charge >= 0.3 is 0 Å². The Balaban J connectivity index is 2.57. The molecule has 0 fully saturated rings. The van der Waals surface area contributed by atoms with Crippen LogP contribution < -0.4 is 0 Å². The van der Waals surface area contributed by atoms with E-state index in [0.29, 0.717) is 22.7 Å². The quantitative estimate of drug-likeness (QED) is 0.669. The number of nitrogens with zero attached hydrogens (tertiary/aromatic N) is 3. The molecule has 2 aromatic heterocycles. The number of halogens is 2. The van der Waals surface area contributed by atoms with E-state index in [1.54, 1.807) is 12.4 Å². The van der Waals surface area contributed by atoms with Gasteiger partial charge in [-0.05, 0) is 28.5 Å². The van der Waals surface area contributed by atoms with Crippen molar-refractivity contribution >= 4 is 34.2 Å². The molecule has 0 aliphatic rings. The Labute approximate surface area is 112 Å². The summed E-state index contributed by atoms with van der Waals surface area (Å²) in [4.78, 5) is 15.8. The topological polar surface area (TPSA) is 54.5 Å². The molecule has 0 amide bonds. The maximum atomic E-state index is 6.08. The van der Waals surface area contributed by atoms with Gasteiger partial charge in [0.15, 0.2) is 11.6 Å². The number of rotatable bonds is 2. The lowest BCUT2D eigenvalue weighted by Gasteiger charge is -2.09. The lowest BCUT2D eigenvalue weighted by atomic mass is 10.1. The second kappa shape index (κ2) is 4.67. The van der Waals surface area contributed by atoms with Crippen LogP contribution in [0.4, 0.5) is 0 Å². The molecule has 4 nitrogen and oxygen atoms in total. The van der Waals surface area contributed by atoms with Gasteiger partial charge in [0.1, 0.15) is 5.15 Å². The van der Waals surface area contributed by atoms with Crippen LogP contribution in [0, 0.1) is 3.57 Å². The summed E-state index contributed by atoms with van der Waals surface area (Å²) in [5.41, 5.74) is 0.951. The SMILES string of the molecule is CC(C)c1nc(-c2ncc[nH]2)nc(Cl)c1I. The summed E-state index contributed by atoms with van der Waals surface area (Å²) in [5, 5.41) is 0.478. The molecule has 0 aliphatic carbocycles. The van der Waals surface area contributed by atoms with Gasteiger partial charge < -0.3 is 4.98 Å². The Morgan fingerprint density at radius 1 is 1.38 bits per heavy atom. The van der Waals surface area contributed by atoms with Crippen LogP contribution in [0.1, 0.15) is 25.5 Å². The van der Waals surface area contributed by atoms with Crippen LogP contribution in [-0.4, -0.2) is 19.9 Å². The third kappa shape index (κ3) is 2.20. The normalized spacial score (nSPS) is 11.1. The fourth-order valence-electron chi connectivity index (χ4n) is 1.31. The van der Waals surface area contributed by atoms with Crippen LogP contribution in [-0.2, 0) is 0 Å². The second-order valence-corrected chi connectivity index (χ2v) is 5.07. The van der Waals surface area contributed by atoms with E-state index in [2.05, 4.69) is 56.4 Å². The number of nitrogens with one attached hydrogen (secondary N) is 1. The first-order valence-electron chi connectivity index (χ1n) is 4.82. The van der Waals surface area contributed by atoms with Crippen LogP contribution in [0.5, 0.6) is 0 Å². The lowest BCUT2D eigenvalue weighted by Crippen LogP contribution is -2.03. The van der Waals surface area contributed by atoms with E-state index in [1.165, 1.54) is 0 Å². The number of aromatic nitrogens is 4. The Kier molecular flexibility index (Phi) is 3.44. The lowest BCUT2D eigenvalue weighted by molar-refractivity contribution is 0.806. The maximum absolute atomic E-state index is 6.08. The summed E-state index contributed by atoms with van der Waals surface area (Å²) in [7, 11) is 0. The number of hydrogen-bond donors (Lipinski definition) is 1. The molecular formula is C10H10ClIN4. The van der Waals surface area contributed by atoms with Crippen LogP contribution in [0.25, 0.3) is 11.6 Å². The fraction of sp³-hybridized carbons (Fsp3) is 0.300. The van der Waals surface area contributed by atoms with Crippen molar-refractivity contribution < 1.29 is 0 Å². The van der Waals surface area contributed by atoms with Gasteiger partial charge in [0.2, 0.25) is 0 Å². The minimum atomic E-state index is 0.307. The molecule has 0 aliphatic heterocycles. The molecule has 84 valence electrons. The minimum Gasteiger partial charge on any atom is -0.342 e. The largest absolute Gasteiger partial charge is 0.342 e. The van der Waals surface area contributed by atoms with E-state index >= 15 is 0 Å². The first kappa shape index (κ1) is 11.8. The van der Waals surface area contributed by atoms with Crippen LogP contribution in [0.2, 0.25) is 5.15 Å². The highest BCUT2D eigenvalue weighted by Crippen LogP contribution is 2.26. The first-order chi connectivity index (χ1) is 7.59. The van der Waals surface area contributed by atoms with E-state index < -0.39 is 0 Å².